The molecule has 5 rings (SSSR count). The van der Waals surface area contributed by atoms with Gasteiger partial charge in [0, 0.05) is 23.2 Å². The van der Waals surface area contributed by atoms with Crippen LogP contribution in [0.15, 0.2) is 30.3 Å². The van der Waals surface area contributed by atoms with Gasteiger partial charge in [-0.2, -0.15) is 4.52 Å². The summed E-state index contributed by atoms with van der Waals surface area (Å²) in [4.78, 5) is 29.4. The van der Waals surface area contributed by atoms with Crippen LogP contribution in [0, 0.1) is 0 Å². The number of rotatable bonds is 5. The van der Waals surface area contributed by atoms with E-state index in [0.29, 0.717) is 22.9 Å². The van der Waals surface area contributed by atoms with Crippen molar-refractivity contribution >= 4 is 17.5 Å². The monoisotopic (exact) mass is 406 g/mol. The number of amides is 1. The number of cyclic esters (lactones) is 1. The molecule has 3 aromatic rings. The number of methoxy groups -OCH3 is 1. The van der Waals surface area contributed by atoms with Crippen LogP contribution < -0.4 is 10.1 Å². The normalized spacial score (nSPS) is 16.5. The molecule has 1 aliphatic carbocycles. The fraction of sp³-hybridized carbons (Fsp3) is 0.364. The van der Waals surface area contributed by atoms with E-state index < -0.39 is 5.41 Å². The molecule has 3 heterocycles. The number of carbonyl (C=O) groups is 2. The highest BCUT2D eigenvalue weighted by Gasteiger charge is 2.55. The summed E-state index contributed by atoms with van der Waals surface area (Å²) >= 11 is 0. The highest BCUT2D eigenvalue weighted by Crippen LogP contribution is 2.47. The molecule has 8 nitrogen and oxygen atoms in total. The maximum atomic E-state index is 12.8. The lowest BCUT2D eigenvalue weighted by atomic mass is 10.0. The van der Waals surface area contributed by atoms with Gasteiger partial charge in [-0.05, 0) is 50.5 Å². The van der Waals surface area contributed by atoms with Gasteiger partial charge >= 0.3 is 5.97 Å². The maximum Gasteiger partial charge on any atom is 0.338 e. The Morgan fingerprint density at radius 3 is 2.70 bits per heavy atom. The van der Waals surface area contributed by atoms with Crippen LogP contribution in [0.4, 0.5) is 0 Å². The third-order valence-electron chi connectivity index (χ3n) is 5.69. The molecule has 0 radical (unpaired) electrons. The van der Waals surface area contributed by atoms with Crippen molar-refractivity contribution in [1.82, 2.24) is 19.9 Å². The van der Waals surface area contributed by atoms with Gasteiger partial charge in [0.1, 0.15) is 12.0 Å². The van der Waals surface area contributed by atoms with E-state index in [1.807, 2.05) is 38.1 Å². The largest absolute Gasteiger partial charge is 0.481 e. The second-order valence-electron chi connectivity index (χ2n) is 8.12. The molecule has 1 fully saturated rings. The third kappa shape index (κ3) is 2.74. The van der Waals surface area contributed by atoms with Crippen LogP contribution in [0.25, 0.3) is 16.8 Å². The molecule has 1 N–H and O–H groups in total. The van der Waals surface area contributed by atoms with Crippen molar-refractivity contribution in [2.45, 2.75) is 44.8 Å². The fourth-order valence-electron chi connectivity index (χ4n) is 3.90. The first-order valence-corrected chi connectivity index (χ1v) is 9.98. The molecule has 1 aromatic carbocycles. The molecule has 0 unspecified atom stereocenters. The Morgan fingerprint density at radius 1 is 1.23 bits per heavy atom. The van der Waals surface area contributed by atoms with E-state index in [1.165, 1.54) is 0 Å². The number of hydrogen-bond donors (Lipinski definition) is 1. The highest BCUT2D eigenvalue weighted by molar-refractivity contribution is 5.95. The minimum absolute atomic E-state index is 0.0397. The zero-order chi connectivity index (χ0) is 21.0. The van der Waals surface area contributed by atoms with Crippen LogP contribution in [-0.4, -0.2) is 39.6 Å². The lowest BCUT2D eigenvalue weighted by molar-refractivity contribution is -0.124. The van der Waals surface area contributed by atoms with Crippen molar-refractivity contribution in [3.05, 3.63) is 47.3 Å². The van der Waals surface area contributed by atoms with Crippen LogP contribution >= 0.6 is 0 Å². The molecule has 8 heteroatoms. The molecule has 0 saturated heterocycles. The Bertz CT molecular complexity index is 1190. The molecule has 154 valence electrons. The minimum atomic E-state index is -0.684. The zero-order valence-electron chi connectivity index (χ0n) is 17.1. The first-order chi connectivity index (χ1) is 14.4. The first kappa shape index (κ1) is 18.6. The summed E-state index contributed by atoms with van der Waals surface area (Å²) in [6.45, 7) is 4.15. The summed E-state index contributed by atoms with van der Waals surface area (Å²) in [6.07, 6.45) is 1.44. The highest BCUT2D eigenvalue weighted by atomic mass is 16.5. The van der Waals surface area contributed by atoms with E-state index >= 15 is 0 Å². The number of ether oxygens (including phenoxy) is 2. The molecule has 30 heavy (non-hydrogen) atoms. The number of aromatic nitrogens is 3. The number of benzene rings is 1. The minimum Gasteiger partial charge on any atom is -0.481 e. The van der Waals surface area contributed by atoms with Crippen molar-refractivity contribution < 1.29 is 19.1 Å². The third-order valence-corrected chi connectivity index (χ3v) is 5.69. The van der Waals surface area contributed by atoms with Gasteiger partial charge in [-0.25, -0.2) is 9.78 Å². The van der Waals surface area contributed by atoms with Crippen molar-refractivity contribution in [2.24, 2.45) is 0 Å². The average Bonchev–Trinajstić information content (AvgIpc) is 3.29. The van der Waals surface area contributed by atoms with Crippen molar-refractivity contribution in [1.29, 1.82) is 0 Å². The summed E-state index contributed by atoms with van der Waals surface area (Å²) < 4.78 is 12.2. The van der Waals surface area contributed by atoms with E-state index in [1.54, 1.807) is 17.7 Å². The standard InChI is InChI=1S/C22H22N4O4/c1-12(2)23-21(28)22(8-9-22)20-24-18-15(6-7-17(29-3)26(18)25-20)13-4-5-16-14(10-13)11-30-19(16)27/h4-7,10,12H,8-9,11H2,1-3H3,(H,23,28). The van der Waals surface area contributed by atoms with Gasteiger partial charge in [0.2, 0.25) is 11.8 Å². The Hall–Kier alpha value is -3.42. The summed E-state index contributed by atoms with van der Waals surface area (Å²) in [5.41, 5.74) is 3.11. The van der Waals surface area contributed by atoms with Gasteiger partial charge in [-0.15, -0.1) is 5.10 Å². The lowest BCUT2D eigenvalue weighted by Gasteiger charge is -2.14. The van der Waals surface area contributed by atoms with Crippen molar-refractivity contribution in [3.63, 3.8) is 0 Å². The summed E-state index contributed by atoms with van der Waals surface area (Å²) in [7, 11) is 1.58. The number of fused-ring (bicyclic) bond motifs is 2. The molecule has 0 atom stereocenters. The zero-order valence-corrected chi connectivity index (χ0v) is 17.1. The second kappa shape index (κ2) is 6.55. The smallest absolute Gasteiger partial charge is 0.338 e. The van der Waals surface area contributed by atoms with Crippen LogP contribution in [0.1, 0.15) is 48.4 Å². The average molecular weight is 406 g/mol. The van der Waals surface area contributed by atoms with E-state index in [2.05, 4.69) is 10.4 Å². The van der Waals surface area contributed by atoms with Gasteiger partial charge in [-0.1, -0.05) is 6.07 Å². The molecular weight excluding hydrogens is 384 g/mol. The first-order valence-electron chi connectivity index (χ1n) is 9.98. The number of carbonyl (C=O) groups excluding carboxylic acids is 2. The number of pyridine rings is 1. The Labute approximate surface area is 173 Å². The number of esters is 1. The maximum absolute atomic E-state index is 12.8. The predicted octanol–water partition coefficient (Wildman–Crippen LogP) is 2.63. The van der Waals surface area contributed by atoms with Gasteiger partial charge in [0.05, 0.1) is 12.7 Å². The van der Waals surface area contributed by atoms with E-state index in [9.17, 15) is 9.59 Å². The SMILES string of the molecule is COc1ccc(-c2ccc3c(c2)COC3=O)c2nc(C3(C(=O)NC(C)C)CC3)nn12. The summed E-state index contributed by atoms with van der Waals surface area (Å²) in [5.74, 6) is 0.702. The topological polar surface area (TPSA) is 94.8 Å². The van der Waals surface area contributed by atoms with E-state index in [-0.39, 0.29) is 24.5 Å². The van der Waals surface area contributed by atoms with Crippen molar-refractivity contribution in [3.8, 4) is 17.0 Å². The molecular formula is C22H22N4O4. The molecule has 2 aromatic heterocycles. The fourth-order valence-corrected chi connectivity index (χ4v) is 3.90. The molecule has 0 bridgehead atoms. The van der Waals surface area contributed by atoms with Gasteiger partial charge < -0.3 is 14.8 Å². The lowest BCUT2D eigenvalue weighted by Crippen LogP contribution is -2.39. The summed E-state index contributed by atoms with van der Waals surface area (Å²) in [5, 5.41) is 7.65. The molecule has 2 aliphatic rings. The summed E-state index contributed by atoms with van der Waals surface area (Å²) in [6, 6.07) is 9.38. The Kier molecular flexibility index (Phi) is 4.06. The number of nitrogens with one attached hydrogen (secondary N) is 1. The Balaban J connectivity index is 1.63. The van der Waals surface area contributed by atoms with Gasteiger partial charge in [-0.3, -0.25) is 4.79 Å². The molecule has 1 amide bonds. The predicted molar refractivity (Wildman–Crippen MR) is 108 cm³/mol. The van der Waals surface area contributed by atoms with Crippen LogP contribution in [0.2, 0.25) is 0 Å². The van der Waals surface area contributed by atoms with Crippen molar-refractivity contribution in [2.75, 3.05) is 7.11 Å². The van der Waals surface area contributed by atoms with Gasteiger partial charge in [0.15, 0.2) is 11.5 Å². The van der Waals surface area contributed by atoms with Crippen LogP contribution in [0.3, 0.4) is 0 Å². The molecule has 0 spiro atoms. The van der Waals surface area contributed by atoms with Crippen LogP contribution in [-0.2, 0) is 21.6 Å². The van der Waals surface area contributed by atoms with Gasteiger partial charge in [0.25, 0.3) is 0 Å². The molecule has 1 aliphatic heterocycles. The Morgan fingerprint density at radius 2 is 2.00 bits per heavy atom. The number of hydrogen-bond acceptors (Lipinski definition) is 6. The van der Waals surface area contributed by atoms with E-state index in [0.717, 1.165) is 29.5 Å². The van der Waals surface area contributed by atoms with E-state index in [4.69, 9.17) is 14.5 Å². The quantitative estimate of drug-likeness (QED) is 0.655. The molecule has 1 saturated carbocycles. The number of nitrogens with zero attached hydrogens (tertiary/aromatic N) is 3. The second-order valence-corrected chi connectivity index (χ2v) is 8.12. The van der Waals surface area contributed by atoms with Crippen LogP contribution in [0.5, 0.6) is 5.88 Å².